The van der Waals surface area contributed by atoms with E-state index in [0.29, 0.717) is 5.69 Å². The highest BCUT2D eigenvalue weighted by Crippen LogP contribution is 2.08. The lowest BCUT2D eigenvalue weighted by molar-refractivity contribution is 0.579. The number of alkyl halides is 1. The van der Waals surface area contributed by atoms with Crippen molar-refractivity contribution in [3.05, 3.63) is 30.3 Å². The van der Waals surface area contributed by atoms with Gasteiger partial charge >= 0.3 is 0 Å². The van der Waals surface area contributed by atoms with Gasteiger partial charge < -0.3 is 5.73 Å². The Kier molecular flexibility index (Phi) is 5.04. The Morgan fingerprint density at radius 3 is 2.42 bits per heavy atom. The first kappa shape index (κ1) is 10.9. The van der Waals surface area contributed by atoms with E-state index < -0.39 is 6.67 Å². The van der Waals surface area contributed by atoms with Crippen LogP contribution in [0, 0.1) is 0 Å². The minimum Gasteiger partial charge on any atom is -0.385 e. The second-order valence-corrected chi connectivity index (χ2v) is 2.07. The van der Waals surface area contributed by atoms with E-state index in [1.807, 2.05) is 18.2 Å². The predicted molar refractivity (Wildman–Crippen MR) is 50.9 cm³/mol. The Bertz CT molecular complexity index is 248. The largest absolute Gasteiger partial charge is 0.385 e. The zero-order valence-corrected chi connectivity index (χ0v) is 7.22. The van der Waals surface area contributed by atoms with Crippen LogP contribution in [0.25, 0.3) is 0 Å². The average Bonchev–Trinajstić information content (AvgIpc) is 2.06. The van der Waals surface area contributed by atoms with E-state index in [4.69, 9.17) is 5.73 Å². The first-order valence-corrected chi connectivity index (χ1v) is 3.27. The van der Waals surface area contributed by atoms with Crippen LogP contribution >= 0.6 is 12.4 Å². The molecule has 66 valence electrons. The van der Waals surface area contributed by atoms with Gasteiger partial charge in [-0.05, 0) is 12.1 Å². The highest BCUT2D eigenvalue weighted by atomic mass is 35.5. The monoisotopic (exact) mass is 188 g/mol. The van der Waals surface area contributed by atoms with Gasteiger partial charge in [0.1, 0.15) is 12.5 Å². The van der Waals surface area contributed by atoms with Crippen LogP contribution in [0.15, 0.2) is 35.3 Å². The van der Waals surface area contributed by atoms with E-state index >= 15 is 0 Å². The van der Waals surface area contributed by atoms with Gasteiger partial charge in [0.15, 0.2) is 0 Å². The first-order chi connectivity index (χ1) is 5.33. The molecule has 0 spiro atoms. The molecule has 0 saturated carbocycles. The molecule has 0 radical (unpaired) electrons. The molecule has 0 heterocycles. The van der Waals surface area contributed by atoms with Gasteiger partial charge in [0.2, 0.25) is 0 Å². The van der Waals surface area contributed by atoms with Crippen LogP contribution in [0.2, 0.25) is 0 Å². The molecular weight excluding hydrogens is 179 g/mol. The smallest absolute Gasteiger partial charge is 0.147 e. The maximum Gasteiger partial charge on any atom is 0.147 e. The number of aliphatic imine (C=N–C) groups is 1. The van der Waals surface area contributed by atoms with E-state index in [1.165, 1.54) is 0 Å². The summed E-state index contributed by atoms with van der Waals surface area (Å²) in [6, 6.07) is 9.05. The lowest BCUT2D eigenvalue weighted by atomic mass is 10.3. The molecule has 2 N–H and O–H groups in total. The van der Waals surface area contributed by atoms with Crippen molar-refractivity contribution in [3.8, 4) is 0 Å². The molecule has 0 aliphatic carbocycles. The third-order valence-corrected chi connectivity index (χ3v) is 1.17. The Hall–Kier alpha value is -1.09. The topological polar surface area (TPSA) is 38.4 Å². The first-order valence-electron chi connectivity index (χ1n) is 3.27. The van der Waals surface area contributed by atoms with Crippen molar-refractivity contribution in [1.82, 2.24) is 0 Å². The van der Waals surface area contributed by atoms with Crippen LogP contribution in [0.4, 0.5) is 10.1 Å². The summed E-state index contributed by atoms with van der Waals surface area (Å²) in [5.74, 6) is 0.0104. The van der Waals surface area contributed by atoms with E-state index in [1.54, 1.807) is 12.1 Å². The standard InChI is InChI=1S/C8H9FN2.ClH/c9-6-8(10)11-7-4-2-1-3-5-7;/h1-5H,6H2,(H2,10,11);1H. The number of hydrogen-bond acceptors (Lipinski definition) is 1. The van der Waals surface area contributed by atoms with Crippen LogP contribution < -0.4 is 5.73 Å². The van der Waals surface area contributed by atoms with Crippen molar-refractivity contribution in [3.63, 3.8) is 0 Å². The summed E-state index contributed by atoms with van der Waals surface area (Å²) in [7, 11) is 0. The van der Waals surface area contributed by atoms with E-state index in [9.17, 15) is 4.39 Å². The van der Waals surface area contributed by atoms with Gasteiger partial charge in [-0.2, -0.15) is 0 Å². The molecule has 12 heavy (non-hydrogen) atoms. The number of nitrogens with two attached hydrogens (primary N) is 1. The summed E-state index contributed by atoms with van der Waals surface area (Å²) in [5, 5.41) is 0. The van der Waals surface area contributed by atoms with Crippen LogP contribution in [-0.4, -0.2) is 12.5 Å². The normalized spacial score (nSPS) is 10.6. The molecule has 1 aromatic carbocycles. The van der Waals surface area contributed by atoms with Gasteiger partial charge in [-0.3, -0.25) is 0 Å². The molecule has 0 aliphatic rings. The third-order valence-electron chi connectivity index (χ3n) is 1.17. The molecule has 1 aromatic rings. The fourth-order valence-corrected chi connectivity index (χ4v) is 0.698. The molecule has 0 aromatic heterocycles. The lowest BCUT2D eigenvalue weighted by Gasteiger charge is -1.93. The highest BCUT2D eigenvalue weighted by molar-refractivity contribution is 5.85. The minimum absolute atomic E-state index is 0. The molecule has 0 unspecified atom stereocenters. The Morgan fingerprint density at radius 2 is 1.92 bits per heavy atom. The number of amidine groups is 1. The second kappa shape index (κ2) is 5.55. The van der Waals surface area contributed by atoms with Crippen LogP contribution in [0.1, 0.15) is 0 Å². The maximum absolute atomic E-state index is 11.8. The molecule has 1 rings (SSSR count). The van der Waals surface area contributed by atoms with Crippen molar-refractivity contribution in [2.24, 2.45) is 10.7 Å². The van der Waals surface area contributed by atoms with Crippen molar-refractivity contribution < 1.29 is 4.39 Å². The molecule has 0 amide bonds. The summed E-state index contributed by atoms with van der Waals surface area (Å²) in [4.78, 5) is 3.80. The molecule has 2 nitrogen and oxygen atoms in total. The zero-order valence-electron chi connectivity index (χ0n) is 6.40. The van der Waals surface area contributed by atoms with Gasteiger partial charge in [0, 0.05) is 0 Å². The summed E-state index contributed by atoms with van der Waals surface area (Å²) in [6.45, 7) is -0.700. The molecular formula is C8H10ClFN2. The predicted octanol–water partition coefficient (Wildman–Crippen LogP) is 2.07. The number of nitrogens with zero attached hydrogens (tertiary/aromatic N) is 1. The van der Waals surface area contributed by atoms with Crippen molar-refractivity contribution in [1.29, 1.82) is 0 Å². The summed E-state index contributed by atoms with van der Waals surface area (Å²) in [6.07, 6.45) is 0. The minimum atomic E-state index is -0.700. The number of para-hydroxylation sites is 1. The van der Waals surface area contributed by atoms with E-state index in [2.05, 4.69) is 4.99 Å². The van der Waals surface area contributed by atoms with Gasteiger partial charge in [0.05, 0.1) is 5.69 Å². The molecule has 0 bridgehead atoms. The summed E-state index contributed by atoms with van der Waals surface area (Å²) >= 11 is 0. The summed E-state index contributed by atoms with van der Waals surface area (Å²) in [5.41, 5.74) is 5.86. The zero-order chi connectivity index (χ0) is 8.10. The highest BCUT2D eigenvalue weighted by Gasteiger charge is 1.89. The van der Waals surface area contributed by atoms with Crippen molar-refractivity contribution >= 4 is 23.9 Å². The van der Waals surface area contributed by atoms with E-state index in [-0.39, 0.29) is 18.2 Å². The fraction of sp³-hybridized carbons (Fsp3) is 0.125. The lowest BCUT2D eigenvalue weighted by Crippen LogP contribution is -2.12. The SMILES string of the molecule is Cl.NC(CF)=Nc1ccccc1. The molecule has 0 saturated heterocycles. The van der Waals surface area contributed by atoms with Crippen LogP contribution in [0.3, 0.4) is 0 Å². The Balaban J connectivity index is 0.00000121. The van der Waals surface area contributed by atoms with Gasteiger partial charge in [-0.15, -0.1) is 12.4 Å². The van der Waals surface area contributed by atoms with Crippen molar-refractivity contribution in [2.75, 3.05) is 6.67 Å². The summed E-state index contributed by atoms with van der Waals surface area (Å²) < 4.78 is 11.8. The van der Waals surface area contributed by atoms with Gasteiger partial charge in [-0.1, -0.05) is 18.2 Å². The molecule has 4 heteroatoms. The van der Waals surface area contributed by atoms with E-state index in [0.717, 1.165) is 0 Å². The number of hydrogen-bond donors (Lipinski definition) is 1. The number of rotatable bonds is 2. The third kappa shape index (κ3) is 3.34. The number of halogens is 2. The van der Waals surface area contributed by atoms with Gasteiger partial charge in [0.25, 0.3) is 0 Å². The van der Waals surface area contributed by atoms with Gasteiger partial charge in [-0.25, -0.2) is 9.38 Å². The van der Waals surface area contributed by atoms with Crippen LogP contribution in [0.5, 0.6) is 0 Å². The molecule has 0 atom stereocenters. The van der Waals surface area contributed by atoms with Crippen molar-refractivity contribution in [2.45, 2.75) is 0 Å². The Labute approximate surface area is 76.7 Å². The Morgan fingerprint density at radius 1 is 1.33 bits per heavy atom. The fourth-order valence-electron chi connectivity index (χ4n) is 0.698. The quantitative estimate of drug-likeness (QED) is 0.560. The van der Waals surface area contributed by atoms with Crippen LogP contribution in [-0.2, 0) is 0 Å². The number of benzene rings is 1. The molecule has 0 aliphatic heterocycles. The molecule has 0 fully saturated rings. The second-order valence-electron chi connectivity index (χ2n) is 2.07. The maximum atomic E-state index is 11.8. The average molecular weight is 189 g/mol.